The molecule has 152 valence electrons. The van der Waals surface area contributed by atoms with Crippen LogP contribution in [-0.2, 0) is 5.75 Å². The molecule has 0 spiro atoms. The van der Waals surface area contributed by atoms with Crippen LogP contribution in [0.15, 0.2) is 93.4 Å². The van der Waals surface area contributed by atoms with Crippen molar-refractivity contribution in [3.63, 3.8) is 0 Å². The van der Waals surface area contributed by atoms with E-state index in [9.17, 15) is 4.79 Å². The SMILES string of the molecule is O=c1c(-c2nnc(SCc3ccccc3Cl)o2)c[nH]c2c(-c3ccccc3)cccc12. The molecule has 0 bridgehead atoms. The van der Waals surface area contributed by atoms with Gasteiger partial charge in [-0.25, -0.2) is 0 Å². The molecule has 0 saturated heterocycles. The second kappa shape index (κ2) is 8.41. The molecule has 2 heterocycles. The third-order valence-corrected chi connectivity index (χ3v) is 6.18. The monoisotopic (exact) mass is 445 g/mol. The first-order chi connectivity index (χ1) is 15.2. The Morgan fingerprint density at radius 2 is 1.71 bits per heavy atom. The van der Waals surface area contributed by atoms with Crippen LogP contribution in [0.4, 0.5) is 0 Å². The van der Waals surface area contributed by atoms with Crippen molar-refractivity contribution in [2.24, 2.45) is 0 Å². The molecule has 0 fully saturated rings. The smallest absolute Gasteiger partial charge is 0.277 e. The Labute approximate surface area is 187 Å². The van der Waals surface area contributed by atoms with Crippen molar-refractivity contribution in [3.8, 4) is 22.6 Å². The molecule has 31 heavy (non-hydrogen) atoms. The molecular formula is C24H16ClN3O2S. The first-order valence-corrected chi connectivity index (χ1v) is 11.0. The van der Waals surface area contributed by atoms with Crippen LogP contribution in [0.5, 0.6) is 0 Å². The molecule has 3 aromatic carbocycles. The molecule has 0 amide bonds. The number of para-hydroxylation sites is 1. The van der Waals surface area contributed by atoms with Gasteiger partial charge in [-0.2, -0.15) is 0 Å². The summed E-state index contributed by atoms with van der Waals surface area (Å²) in [4.78, 5) is 16.4. The molecular weight excluding hydrogens is 430 g/mol. The highest BCUT2D eigenvalue weighted by molar-refractivity contribution is 7.98. The van der Waals surface area contributed by atoms with E-state index in [0.29, 0.717) is 26.9 Å². The topological polar surface area (TPSA) is 71.8 Å². The van der Waals surface area contributed by atoms with Crippen molar-refractivity contribution in [1.29, 1.82) is 0 Å². The molecule has 0 aliphatic carbocycles. The lowest BCUT2D eigenvalue weighted by Crippen LogP contribution is -2.07. The number of halogens is 1. The van der Waals surface area contributed by atoms with Gasteiger partial charge in [-0.15, -0.1) is 10.2 Å². The summed E-state index contributed by atoms with van der Waals surface area (Å²) in [5, 5.41) is 9.80. The van der Waals surface area contributed by atoms with Gasteiger partial charge in [0.15, 0.2) is 0 Å². The van der Waals surface area contributed by atoms with E-state index < -0.39 is 0 Å². The van der Waals surface area contributed by atoms with Gasteiger partial charge in [0, 0.05) is 27.9 Å². The number of thioether (sulfide) groups is 1. The number of H-pyrrole nitrogens is 1. The minimum atomic E-state index is -0.155. The second-order valence-corrected chi connectivity index (χ2v) is 8.21. The zero-order valence-corrected chi connectivity index (χ0v) is 17.8. The maximum Gasteiger partial charge on any atom is 0.277 e. The first-order valence-electron chi connectivity index (χ1n) is 9.60. The number of hydrogen-bond donors (Lipinski definition) is 1. The van der Waals surface area contributed by atoms with Gasteiger partial charge in [-0.1, -0.05) is 84.0 Å². The van der Waals surface area contributed by atoms with Gasteiger partial charge in [0.05, 0.1) is 5.52 Å². The van der Waals surface area contributed by atoms with E-state index in [-0.39, 0.29) is 11.3 Å². The predicted molar refractivity (Wildman–Crippen MR) is 124 cm³/mol. The Bertz CT molecular complexity index is 1430. The Balaban J connectivity index is 1.47. The molecule has 0 unspecified atom stereocenters. The van der Waals surface area contributed by atoms with Crippen LogP contribution in [0.25, 0.3) is 33.5 Å². The maximum absolute atomic E-state index is 13.2. The summed E-state index contributed by atoms with van der Waals surface area (Å²) in [5.41, 5.74) is 3.93. The minimum absolute atomic E-state index is 0.155. The second-order valence-electron chi connectivity index (χ2n) is 6.88. The lowest BCUT2D eigenvalue weighted by molar-refractivity contribution is 0.465. The zero-order valence-electron chi connectivity index (χ0n) is 16.2. The van der Waals surface area contributed by atoms with E-state index in [1.165, 1.54) is 11.8 Å². The van der Waals surface area contributed by atoms with E-state index in [2.05, 4.69) is 15.2 Å². The standard InChI is InChI=1S/C24H16ClN3O2S/c25-20-12-5-4-9-16(20)14-31-24-28-27-23(30-24)19-13-26-21-17(15-7-2-1-3-8-15)10-6-11-18(21)22(19)29/h1-13H,14H2,(H,26,29). The fourth-order valence-electron chi connectivity index (χ4n) is 3.40. The third-order valence-electron chi connectivity index (χ3n) is 4.95. The number of aromatic amines is 1. The Kier molecular flexibility index (Phi) is 5.32. The molecule has 0 atom stereocenters. The number of nitrogens with one attached hydrogen (secondary N) is 1. The van der Waals surface area contributed by atoms with Crippen LogP contribution in [-0.4, -0.2) is 15.2 Å². The molecule has 0 aliphatic rings. The number of hydrogen-bond acceptors (Lipinski definition) is 5. The van der Waals surface area contributed by atoms with Crippen LogP contribution in [0, 0.1) is 0 Å². The summed E-state index contributed by atoms with van der Waals surface area (Å²) in [5.74, 6) is 0.783. The highest BCUT2D eigenvalue weighted by atomic mass is 35.5. The lowest BCUT2D eigenvalue weighted by Gasteiger charge is -2.07. The minimum Gasteiger partial charge on any atom is -0.411 e. The number of nitrogens with zero attached hydrogens (tertiary/aromatic N) is 2. The summed E-state index contributed by atoms with van der Waals surface area (Å²) >= 11 is 7.57. The van der Waals surface area contributed by atoms with Gasteiger partial charge >= 0.3 is 0 Å². The number of benzene rings is 3. The van der Waals surface area contributed by atoms with E-state index >= 15 is 0 Å². The van der Waals surface area contributed by atoms with Crippen molar-refractivity contribution >= 4 is 34.3 Å². The third kappa shape index (κ3) is 3.87. The predicted octanol–water partition coefficient (Wildman–Crippen LogP) is 6.19. The van der Waals surface area contributed by atoms with E-state index in [1.54, 1.807) is 12.3 Å². The Morgan fingerprint density at radius 3 is 2.55 bits per heavy atom. The Hall–Kier alpha value is -3.35. The highest BCUT2D eigenvalue weighted by Gasteiger charge is 2.16. The van der Waals surface area contributed by atoms with Gasteiger partial charge < -0.3 is 9.40 Å². The van der Waals surface area contributed by atoms with Gasteiger partial charge in [-0.3, -0.25) is 4.79 Å². The molecule has 1 N–H and O–H groups in total. The average molecular weight is 446 g/mol. The van der Waals surface area contributed by atoms with Gasteiger partial charge in [0.1, 0.15) is 5.56 Å². The Morgan fingerprint density at radius 1 is 0.903 bits per heavy atom. The number of fused-ring (bicyclic) bond motifs is 1. The summed E-state index contributed by atoms with van der Waals surface area (Å²) in [6, 6.07) is 23.2. The summed E-state index contributed by atoms with van der Waals surface area (Å²) in [6.07, 6.45) is 1.63. The molecule has 7 heteroatoms. The fourth-order valence-corrected chi connectivity index (χ4v) is 4.45. The van der Waals surface area contributed by atoms with Crippen molar-refractivity contribution < 1.29 is 4.42 Å². The first kappa shape index (κ1) is 19.6. The lowest BCUT2D eigenvalue weighted by atomic mass is 10.0. The highest BCUT2D eigenvalue weighted by Crippen LogP contribution is 2.29. The number of rotatable bonds is 5. The fraction of sp³-hybridized carbons (Fsp3) is 0.0417. The van der Waals surface area contributed by atoms with Crippen molar-refractivity contribution in [3.05, 3.63) is 99.8 Å². The molecule has 2 aromatic heterocycles. The van der Waals surface area contributed by atoms with Crippen molar-refractivity contribution in [2.75, 3.05) is 0 Å². The molecule has 0 aliphatic heterocycles. The van der Waals surface area contributed by atoms with Crippen molar-refractivity contribution in [2.45, 2.75) is 11.0 Å². The van der Waals surface area contributed by atoms with E-state index in [1.807, 2.05) is 66.7 Å². The number of aromatic nitrogens is 3. The summed E-state index contributed by atoms with van der Waals surface area (Å²) in [7, 11) is 0. The van der Waals surface area contributed by atoms with E-state index in [4.69, 9.17) is 16.0 Å². The molecule has 5 aromatic rings. The van der Waals surface area contributed by atoms with Crippen LogP contribution in [0.3, 0.4) is 0 Å². The maximum atomic E-state index is 13.2. The molecule has 0 saturated carbocycles. The normalized spacial score (nSPS) is 11.1. The molecule has 5 rings (SSSR count). The zero-order chi connectivity index (χ0) is 21.2. The summed E-state index contributed by atoms with van der Waals surface area (Å²) < 4.78 is 5.75. The largest absolute Gasteiger partial charge is 0.411 e. The van der Waals surface area contributed by atoms with Crippen LogP contribution >= 0.6 is 23.4 Å². The average Bonchev–Trinajstić information content (AvgIpc) is 3.28. The quantitative estimate of drug-likeness (QED) is 0.326. The van der Waals surface area contributed by atoms with Crippen molar-refractivity contribution in [1.82, 2.24) is 15.2 Å². The van der Waals surface area contributed by atoms with Gasteiger partial charge in [0.25, 0.3) is 11.1 Å². The summed E-state index contributed by atoms with van der Waals surface area (Å²) in [6.45, 7) is 0. The van der Waals surface area contributed by atoms with Gasteiger partial charge in [-0.05, 0) is 23.3 Å². The molecule has 5 nitrogen and oxygen atoms in total. The van der Waals surface area contributed by atoms with Crippen LogP contribution in [0.1, 0.15) is 5.56 Å². The van der Waals surface area contributed by atoms with E-state index in [0.717, 1.165) is 22.2 Å². The van der Waals surface area contributed by atoms with Crippen LogP contribution < -0.4 is 5.43 Å². The molecule has 0 radical (unpaired) electrons. The van der Waals surface area contributed by atoms with Gasteiger partial charge in [0.2, 0.25) is 5.43 Å². The number of pyridine rings is 1. The van der Waals surface area contributed by atoms with Crippen LogP contribution in [0.2, 0.25) is 5.02 Å².